The van der Waals surface area contributed by atoms with Gasteiger partial charge >= 0.3 is 0 Å². The van der Waals surface area contributed by atoms with Crippen LogP contribution < -0.4 is 5.32 Å². The molecule has 0 spiro atoms. The molecule has 3 aromatic rings. The smallest absolute Gasteiger partial charge is 0.236 e. The van der Waals surface area contributed by atoms with Crippen molar-refractivity contribution in [2.24, 2.45) is 0 Å². The SMILES string of the molecule is CC(C)n1c(SCC(=O)Nc2nccs2)nnc1-c1ccc(Br)o1. The topological polar surface area (TPSA) is 85.8 Å². The summed E-state index contributed by atoms with van der Waals surface area (Å²) in [5.41, 5.74) is 0. The summed E-state index contributed by atoms with van der Waals surface area (Å²) in [7, 11) is 0. The van der Waals surface area contributed by atoms with Crippen molar-refractivity contribution in [1.82, 2.24) is 19.7 Å². The molecule has 7 nitrogen and oxygen atoms in total. The number of nitrogens with zero attached hydrogens (tertiary/aromatic N) is 4. The maximum absolute atomic E-state index is 12.0. The van der Waals surface area contributed by atoms with E-state index in [1.807, 2.05) is 35.9 Å². The molecule has 0 aliphatic rings. The van der Waals surface area contributed by atoms with Gasteiger partial charge in [0.15, 0.2) is 20.7 Å². The molecule has 0 saturated carbocycles. The molecular weight excluding hydrogens is 414 g/mol. The van der Waals surface area contributed by atoms with E-state index in [0.29, 0.717) is 26.5 Å². The van der Waals surface area contributed by atoms with Crippen molar-refractivity contribution in [3.63, 3.8) is 0 Å². The molecule has 0 radical (unpaired) electrons. The number of amides is 1. The number of thioether (sulfide) groups is 1. The lowest BCUT2D eigenvalue weighted by atomic mass is 10.3. The molecule has 0 aliphatic carbocycles. The molecule has 0 atom stereocenters. The van der Waals surface area contributed by atoms with Crippen molar-refractivity contribution in [2.45, 2.75) is 25.0 Å². The van der Waals surface area contributed by atoms with E-state index in [4.69, 9.17) is 4.42 Å². The zero-order valence-electron chi connectivity index (χ0n) is 12.9. The molecule has 0 bridgehead atoms. The minimum Gasteiger partial charge on any atom is -0.446 e. The summed E-state index contributed by atoms with van der Waals surface area (Å²) in [6, 6.07) is 3.77. The largest absolute Gasteiger partial charge is 0.446 e. The summed E-state index contributed by atoms with van der Waals surface area (Å²) in [5, 5.41) is 14.2. The molecular formula is C14H14BrN5O2S2. The zero-order valence-corrected chi connectivity index (χ0v) is 16.1. The third-order valence-electron chi connectivity index (χ3n) is 2.99. The molecule has 0 aromatic carbocycles. The van der Waals surface area contributed by atoms with Crippen LogP contribution in [-0.2, 0) is 4.79 Å². The minimum absolute atomic E-state index is 0.128. The van der Waals surface area contributed by atoms with Gasteiger partial charge in [-0.15, -0.1) is 21.5 Å². The van der Waals surface area contributed by atoms with E-state index in [-0.39, 0.29) is 17.7 Å². The van der Waals surface area contributed by atoms with E-state index < -0.39 is 0 Å². The van der Waals surface area contributed by atoms with Crippen molar-refractivity contribution in [3.05, 3.63) is 28.4 Å². The molecule has 126 valence electrons. The summed E-state index contributed by atoms with van der Waals surface area (Å²) in [5.74, 6) is 1.36. The monoisotopic (exact) mass is 427 g/mol. The number of furan rings is 1. The van der Waals surface area contributed by atoms with E-state index in [0.717, 1.165) is 0 Å². The molecule has 3 heterocycles. The highest BCUT2D eigenvalue weighted by molar-refractivity contribution is 9.10. The Kier molecular flexibility index (Phi) is 5.36. The highest BCUT2D eigenvalue weighted by atomic mass is 79.9. The van der Waals surface area contributed by atoms with Crippen LogP contribution in [0.25, 0.3) is 11.6 Å². The number of rotatable bonds is 6. The fourth-order valence-electron chi connectivity index (χ4n) is 2.01. The Morgan fingerprint density at radius 2 is 2.29 bits per heavy atom. The molecule has 0 saturated heterocycles. The zero-order chi connectivity index (χ0) is 17.1. The standard InChI is InChI=1S/C14H14BrN5O2S2/c1-8(2)20-12(9-3-4-10(15)22-9)18-19-14(20)24-7-11(21)17-13-16-5-6-23-13/h3-6,8H,7H2,1-2H3,(H,16,17,21). The fourth-order valence-corrected chi connectivity index (χ4v) is 3.73. The second-order valence-corrected chi connectivity index (χ2v) is 7.67. The predicted octanol–water partition coefficient (Wildman–Crippen LogP) is 4.07. The van der Waals surface area contributed by atoms with Gasteiger partial charge in [-0.25, -0.2) is 4.98 Å². The lowest BCUT2D eigenvalue weighted by Gasteiger charge is -2.12. The van der Waals surface area contributed by atoms with Crippen molar-refractivity contribution >= 4 is 50.1 Å². The lowest BCUT2D eigenvalue weighted by Crippen LogP contribution is -2.14. The van der Waals surface area contributed by atoms with Gasteiger partial charge < -0.3 is 9.73 Å². The van der Waals surface area contributed by atoms with Crippen LogP contribution >= 0.6 is 39.0 Å². The number of halogens is 1. The Labute approximate surface area is 155 Å². The van der Waals surface area contributed by atoms with Crippen LogP contribution in [0.1, 0.15) is 19.9 Å². The van der Waals surface area contributed by atoms with Crippen molar-refractivity contribution < 1.29 is 9.21 Å². The van der Waals surface area contributed by atoms with E-state index in [9.17, 15) is 4.79 Å². The average Bonchev–Trinajstić information content (AvgIpc) is 3.24. The van der Waals surface area contributed by atoms with Crippen LogP contribution in [0, 0.1) is 0 Å². The molecule has 0 aliphatic heterocycles. The van der Waals surface area contributed by atoms with E-state index in [1.165, 1.54) is 23.1 Å². The molecule has 0 fully saturated rings. The second-order valence-electron chi connectivity index (χ2n) is 5.05. The third-order valence-corrected chi connectivity index (χ3v) is 5.04. The molecule has 1 N–H and O–H groups in total. The number of aromatic nitrogens is 4. The van der Waals surface area contributed by atoms with Gasteiger partial charge in [0, 0.05) is 17.6 Å². The van der Waals surface area contributed by atoms with E-state index in [1.54, 1.807) is 6.20 Å². The number of carbonyl (C=O) groups is 1. The van der Waals surface area contributed by atoms with Crippen LogP contribution in [0.5, 0.6) is 0 Å². The summed E-state index contributed by atoms with van der Waals surface area (Å²) >= 11 is 6.00. The fraction of sp³-hybridized carbons (Fsp3) is 0.286. The quantitative estimate of drug-likeness (QED) is 0.596. The highest BCUT2D eigenvalue weighted by Gasteiger charge is 2.20. The van der Waals surface area contributed by atoms with Crippen molar-refractivity contribution in [3.8, 4) is 11.6 Å². The van der Waals surface area contributed by atoms with Gasteiger partial charge in [0.2, 0.25) is 11.7 Å². The Balaban J connectivity index is 1.73. The minimum atomic E-state index is -0.129. The van der Waals surface area contributed by atoms with Crippen LogP contribution in [0.15, 0.2) is 38.0 Å². The van der Waals surface area contributed by atoms with Gasteiger partial charge in [-0.1, -0.05) is 11.8 Å². The second kappa shape index (κ2) is 7.49. The van der Waals surface area contributed by atoms with Gasteiger partial charge in [0.25, 0.3) is 0 Å². The first-order valence-electron chi connectivity index (χ1n) is 7.07. The number of anilines is 1. The molecule has 10 heteroatoms. The van der Waals surface area contributed by atoms with E-state index >= 15 is 0 Å². The van der Waals surface area contributed by atoms with Crippen LogP contribution in [0.3, 0.4) is 0 Å². The van der Waals surface area contributed by atoms with Crippen molar-refractivity contribution in [1.29, 1.82) is 0 Å². The number of hydrogen-bond acceptors (Lipinski definition) is 7. The van der Waals surface area contributed by atoms with Crippen molar-refractivity contribution in [2.75, 3.05) is 11.1 Å². The predicted molar refractivity (Wildman–Crippen MR) is 97.3 cm³/mol. The Morgan fingerprint density at radius 1 is 1.46 bits per heavy atom. The van der Waals surface area contributed by atoms with Gasteiger partial charge in [-0.05, 0) is 41.9 Å². The van der Waals surface area contributed by atoms with Gasteiger partial charge in [-0.2, -0.15) is 0 Å². The van der Waals surface area contributed by atoms with E-state index in [2.05, 4.69) is 36.4 Å². The van der Waals surface area contributed by atoms with Crippen LogP contribution in [-0.4, -0.2) is 31.4 Å². The first kappa shape index (κ1) is 17.2. The van der Waals surface area contributed by atoms with Crippen LogP contribution in [0.4, 0.5) is 5.13 Å². The Bertz CT molecular complexity index is 828. The Hall–Kier alpha value is -1.65. The number of hydrogen-bond donors (Lipinski definition) is 1. The van der Waals surface area contributed by atoms with Gasteiger partial charge in [0.05, 0.1) is 5.75 Å². The molecule has 24 heavy (non-hydrogen) atoms. The summed E-state index contributed by atoms with van der Waals surface area (Å²) in [6.07, 6.45) is 1.65. The highest BCUT2D eigenvalue weighted by Crippen LogP contribution is 2.30. The first-order chi connectivity index (χ1) is 11.5. The maximum atomic E-state index is 12.0. The molecule has 0 unspecified atom stereocenters. The lowest BCUT2D eigenvalue weighted by molar-refractivity contribution is -0.113. The Morgan fingerprint density at radius 3 is 2.92 bits per heavy atom. The number of nitrogens with one attached hydrogen (secondary N) is 1. The summed E-state index contributed by atoms with van der Waals surface area (Å²) in [6.45, 7) is 4.06. The maximum Gasteiger partial charge on any atom is 0.236 e. The van der Waals surface area contributed by atoms with Gasteiger partial charge in [0.1, 0.15) is 0 Å². The number of thiazole rings is 1. The number of carbonyl (C=O) groups excluding carboxylic acids is 1. The first-order valence-corrected chi connectivity index (χ1v) is 9.73. The van der Waals surface area contributed by atoms with Crippen LogP contribution in [0.2, 0.25) is 0 Å². The molecule has 3 aromatic heterocycles. The molecule has 3 rings (SSSR count). The summed E-state index contributed by atoms with van der Waals surface area (Å²) < 4.78 is 8.15. The average molecular weight is 428 g/mol. The normalized spacial score (nSPS) is 11.2. The molecule has 1 amide bonds. The third kappa shape index (κ3) is 3.87. The van der Waals surface area contributed by atoms with Gasteiger partial charge in [-0.3, -0.25) is 9.36 Å². The summed E-state index contributed by atoms with van der Waals surface area (Å²) in [4.78, 5) is 16.0.